The highest BCUT2D eigenvalue weighted by Gasteiger charge is 2.32. The molecule has 180 valence electrons. The Morgan fingerprint density at radius 2 is 1.59 bits per heavy atom. The summed E-state index contributed by atoms with van der Waals surface area (Å²) >= 11 is 0. The van der Waals surface area contributed by atoms with Gasteiger partial charge in [-0.3, -0.25) is 4.79 Å². The molecular weight excluding hydrogens is 472 g/mol. The number of carbonyl (C=O) groups is 1. The van der Waals surface area contributed by atoms with Crippen molar-refractivity contribution < 1.29 is 9.18 Å². The lowest BCUT2D eigenvalue weighted by Crippen LogP contribution is -2.43. The Bertz CT molecular complexity index is 1090. The van der Waals surface area contributed by atoms with Gasteiger partial charge in [0.25, 0.3) is 0 Å². The maximum atomic E-state index is 13.4. The maximum Gasteiger partial charge on any atom is 0.227 e. The summed E-state index contributed by atoms with van der Waals surface area (Å²) in [5.74, 6) is -0.00913. The van der Waals surface area contributed by atoms with Crippen molar-refractivity contribution >= 4 is 42.1 Å². The third-order valence-corrected chi connectivity index (χ3v) is 6.52. The zero-order valence-corrected chi connectivity index (χ0v) is 20.6. The van der Waals surface area contributed by atoms with E-state index in [1.165, 1.54) is 23.4 Å². The number of benzene rings is 3. The lowest BCUT2D eigenvalue weighted by molar-refractivity contribution is -0.119. The van der Waals surface area contributed by atoms with E-state index >= 15 is 0 Å². The van der Waals surface area contributed by atoms with Gasteiger partial charge in [0.1, 0.15) is 5.82 Å². The predicted molar refractivity (Wildman–Crippen MR) is 141 cm³/mol. The second-order valence-corrected chi connectivity index (χ2v) is 8.68. The molecule has 0 spiro atoms. The quantitative estimate of drug-likeness (QED) is 0.512. The van der Waals surface area contributed by atoms with E-state index in [1.54, 1.807) is 0 Å². The third kappa shape index (κ3) is 5.72. The molecule has 2 aliphatic rings. The smallest absolute Gasteiger partial charge is 0.227 e. The predicted octanol–water partition coefficient (Wildman–Crippen LogP) is 5.34. The van der Waals surface area contributed by atoms with Crippen LogP contribution in [-0.2, 0) is 17.8 Å². The van der Waals surface area contributed by atoms with Gasteiger partial charge in [-0.2, -0.15) is 0 Å². The summed E-state index contributed by atoms with van der Waals surface area (Å²) < 4.78 is 13.4. The summed E-state index contributed by atoms with van der Waals surface area (Å²) in [6.45, 7) is 4.49. The highest BCUT2D eigenvalue weighted by molar-refractivity contribution is 5.97. The van der Waals surface area contributed by atoms with Crippen LogP contribution in [-0.4, -0.2) is 32.1 Å². The van der Waals surface area contributed by atoms with Crippen LogP contribution in [0.15, 0.2) is 72.8 Å². The first-order chi connectivity index (χ1) is 15.7. The lowest BCUT2D eigenvalue weighted by atomic mass is 9.84. The molecule has 1 fully saturated rings. The van der Waals surface area contributed by atoms with E-state index in [9.17, 15) is 9.18 Å². The molecule has 3 aromatic carbocycles. The third-order valence-electron chi connectivity index (χ3n) is 6.52. The molecule has 34 heavy (non-hydrogen) atoms. The molecule has 4 nitrogen and oxygen atoms in total. The molecule has 1 atom stereocenters. The number of anilines is 2. The Morgan fingerprint density at radius 1 is 0.882 bits per heavy atom. The molecule has 0 radical (unpaired) electrons. The summed E-state index contributed by atoms with van der Waals surface area (Å²) in [7, 11) is 0. The van der Waals surface area contributed by atoms with Gasteiger partial charge in [0.05, 0.1) is 6.54 Å². The standard InChI is InChI=1S/C27H28FN3O.2ClH/c28-23-8-6-20(7-9-23)16-22-17-27(32)31(19-21-4-2-1-3-5-21)26-11-10-24(18-25(22)26)30-14-12-29-13-15-30;;/h1-11,18,22,29H,12-17,19H2;2*1H. The number of piperazine rings is 1. The van der Waals surface area contributed by atoms with Crippen molar-refractivity contribution in [1.82, 2.24) is 5.32 Å². The summed E-state index contributed by atoms with van der Waals surface area (Å²) in [4.78, 5) is 17.6. The Hall–Kier alpha value is -2.60. The molecule has 1 unspecified atom stereocenters. The van der Waals surface area contributed by atoms with Crippen LogP contribution in [0.25, 0.3) is 0 Å². The number of fused-ring (bicyclic) bond motifs is 1. The SMILES string of the molecule is Cl.Cl.O=C1CC(Cc2ccc(F)cc2)c2cc(N3CCNCC3)ccc2N1Cc1ccccc1. The lowest BCUT2D eigenvalue weighted by Gasteiger charge is -2.36. The molecule has 3 aromatic rings. The van der Waals surface area contributed by atoms with Gasteiger partial charge < -0.3 is 15.1 Å². The topological polar surface area (TPSA) is 35.6 Å². The monoisotopic (exact) mass is 501 g/mol. The zero-order chi connectivity index (χ0) is 21.9. The van der Waals surface area contributed by atoms with Gasteiger partial charge in [0, 0.05) is 44.0 Å². The van der Waals surface area contributed by atoms with Crippen molar-refractivity contribution in [2.75, 3.05) is 36.0 Å². The van der Waals surface area contributed by atoms with E-state index < -0.39 is 0 Å². The first-order valence-corrected chi connectivity index (χ1v) is 11.4. The van der Waals surface area contributed by atoms with Crippen LogP contribution in [0.2, 0.25) is 0 Å². The molecule has 2 heterocycles. The van der Waals surface area contributed by atoms with Crippen molar-refractivity contribution in [2.45, 2.75) is 25.3 Å². The number of rotatable bonds is 5. The summed E-state index contributed by atoms with van der Waals surface area (Å²) in [6.07, 6.45) is 1.19. The van der Waals surface area contributed by atoms with Crippen molar-refractivity contribution in [3.63, 3.8) is 0 Å². The van der Waals surface area contributed by atoms with Gasteiger partial charge in [-0.05, 0) is 59.4 Å². The minimum Gasteiger partial charge on any atom is -0.369 e. The molecule has 0 saturated carbocycles. The van der Waals surface area contributed by atoms with Crippen LogP contribution in [0, 0.1) is 5.82 Å². The van der Waals surface area contributed by atoms with Gasteiger partial charge in [-0.15, -0.1) is 24.8 Å². The average molecular weight is 502 g/mol. The molecule has 1 N–H and O–H groups in total. The Balaban J connectivity index is 0.00000162. The second-order valence-electron chi connectivity index (χ2n) is 8.68. The van der Waals surface area contributed by atoms with Gasteiger partial charge >= 0.3 is 0 Å². The molecule has 1 saturated heterocycles. The van der Waals surface area contributed by atoms with Crippen LogP contribution >= 0.6 is 24.8 Å². The van der Waals surface area contributed by atoms with Gasteiger partial charge in [-0.25, -0.2) is 4.39 Å². The molecule has 5 rings (SSSR count). The summed E-state index contributed by atoms with van der Waals surface area (Å²) in [5.41, 5.74) is 5.59. The largest absolute Gasteiger partial charge is 0.369 e. The summed E-state index contributed by atoms with van der Waals surface area (Å²) in [6, 6.07) is 23.3. The number of nitrogens with one attached hydrogen (secondary N) is 1. The number of hydrogen-bond donors (Lipinski definition) is 1. The fraction of sp³-hybridized carbons (Fsp3) is 0.296. The highest BCUT2D eigenvalue weighted by Crippen LogP contribution is 2.41. The zero-order valence-electron chi connectivity index (χ0n) is 19.0. The Labute approximate surface area is 213 Å². The van der Waals surface area contributed by atoms with E-state index in [1.807, 2.05) is 35.2 Å². The number of carbonyl (C=O) groups excluding carboxylic acids is 1. The fourth-order valence-corrected chi connectivity index (χ4v) is 4.83. The van der Waals surface area contributed by atoms with E-state index in [0.717, 1.165) is 49.4 Å². The normalized spacial score (nSPS) is 17.4. The number of halogens is 3. The van der Waals surface area contributed by atoms with Gasteiger partial charge in [0.15, 0.2) is 0 Å². The highest BCUT2D eigenvalue weighted by atomic mass is 35.5. The number of nitrogens with zero attached hydrogens (tertiary/aromatic N) is 2. The fourth-order valence-electron chi connectivity index (χ4n) is 4.83. The molecule has 0 aromatic heterocycles. The van der Waals surface area contributed by atoms with Crippen LogP contribution < -0.4 is 15.1 Å². The van der Waals surface area contributed by atoms with Gasteiger partial charge in [0.2, 0.25) is 5.91 Å². The molecule has 0 bridgehead atoms. The number of amides is 1. The Kier molecular flexibility index (Phi) is 8.95. The molecular formula is C27H30Cl2FN3O. The summed E-state index contributed by atoms with van der Waals surface area (Å²) in [5, 5.41) is 3.41. The Morgan fingerprint density at radius 3 is 2.29 bits per heavy atom. The van der Waals surface area contributed by atoms with E-state index in [4.69, 9.17) is 0 Å². The maximum absolute atomic E-state index is 13.4. The van der Waals surface area contributed by atoms with Crippen LogP contribution in [0.3, 0.4) is 0 Å². The number of hydrogen-bond acceptors (Lipinski definition) is 3. The van der Waals surface area contributed by atoms with Crippen molar-refractivity contribution in [2.24, 2.45) is 0 Å². The van der Waals surface area contributed by atoms with Crippen molar-refractivity contribution in [3.8, 4) is 0 Å². The molecule has 0 aliphatic carbocycles. The minimum absolute atomic E-state index is 0. The first kappa shape index (κ1) is 26.0. The average Bonchev–Trinajstić information content (AvgIpc) is 2.84. The van der Waals surface area contributed by atoms with Gasteiger partial charge in [-0.1, -0.05) is 42.5 Å². The molecule has 7 heteroatoms. The second kappa shape index (κ2) is 11.7. The van der Waals surface area contributed by atoms with E-state index in [2.05, 4.69) is 40.5 Å². The van der Waals surface area contributed by atoms with E-state index in [0.29, 0.717) is 13.0 Å². The van der Waals surface area contributed by atoms with Crippen LogP contribution in [0.1, 0.15) is 29.0 Å². The first-order valence-electron chi connectivity index (χ1n) is 11.4. The van der Waals surface area contributed by atoms with Crippen LogP contribution in [0.4, 0.5) is 15.8 Å². The minimum atomic E-state index is -0.232. The molecule has 2 aliphatic heterocycles. The van der Waals surface area contributed by atoms with Crippen LogP contribution in [0.5, 0.6) is 0 Å². The van der Waals surface area contributed by atoms with E-state index in [-0.39, 0.29) is 42.5 Å². The van der Waals surface area contributed by atoms with Crippen molar-refractivity contribution in [3.05, 3.63) is 95.3 Å². The van der Waals surface area contributed by atoms with Crippen molar-refractivity contribution in [1.29, 1.82) is 0 Å². The molecule has 1 amide bonds.